The molecule has 2 heterocycles. The third-order valence-electron chi connectivity index (χ3n) is 5.52. The minimum Gasteiger partial charge on any atom is -0.462 e. The summed E-state index contributed by atoms with van der Waals surface area (Å²) in [5.74, 6) is -2.91. The van der Waals surface area contributed by atoms with Crippen molar-refractivity contribution in [3.05, 3.63) is 52.8 Å². The van der Waals surface area contributed by atoms with Gasteiger partial charge in [0.25, 0.3) is 6.43 Å². The van der Waals surface area contributed by atoms with E-state index in [0.717, 1.165) is 0 Å². The molecule has 3 rings (SSSR count). The Bertz CT molecular complexity index is 1270. The number of rotatable bonds is 11. The zero-order valence-corrected chi connectivity index (χ0v) is 21.8. The highest BCUT2D eigenvalue weighted by Crippen LogP contribution is 2.49. The summed E-state index contributed by atoms with van der Waals surface area (Å²) in [6, 6.07) is 6.06. The van der Waals surface area contributed by atoms with E-state index in [9.17, 15) is 37.5 Å². The first-order valence-corrected chi connectivity index (χ1v) is 13.1. The van der Waals surface area contributed by atoms with Crippen LogP contribution in [-0.2, 0) is 23.4 Å². The number of aromatic nitrogens is 2. The van der Waals surface area contributed by atoms with Crippen LogP contribution in [0.1, 0.15) is 27.0 Å². The summed E-state index contributed by atoms with van der Waals surface area (Å²) in [6.07, 6.45) is -10.4. The van der Waals surface area contributed by atoms with Crippen LogP contribution in [0.2, 0.25) is 0 Å². The van der Waals surface area contributed by atoms with Gasteiger partial charge in [-0.1, -0.05) is 18.2 Å². The fraction of sp³-hybridized carbons (Fsp3) is 0.500. The zero-order chi connectivity index (χ0) is 29.1. The van der Waals surface area contributed by atoms with Gasteiger partial charge < -0.3 is 29.9 Å². The number of hydrogen-bond acceptors (Lipinski definition) is 11. The first-order valence-electron chi connectivity index (χ1n) is 11.5. The van der Waals surface area contributed by atoms with Crippen LogP contribution in [0.5, 0.6) is 5.75 Å². The normalized spacial score (nSPS) is 25.4. The Balaban J connectivity index is 1.92. The largest absolute Gasteiger partial charge is 0.462 e. The van der Waals surface area contributed by atoms with E-state index >= 15 is 0 Å². The number of nitrogen functional groups attached to an aromatic ring is 1. The van der Waals surface area contributed by atoms with Crippen molar-refractivity contribution in [2.75, 3.05) is 12.3 Å². The van der Waals surface area contributed by atoms with Gasteiger partial charge in [-0.3, -0.25) is 13.9 Å². The molecule has 0 saturated carbocycles. The highest BCUT2D eigenvalue weighted by atomic mass is 31.2. The van der Waals surface area contributed by atoms with E-state index in [2.05, 4.69) is 10.1 Å². The number of nitrogens with one attached hydrogen (secondary N) is 1. The molecule has 2 aromatic rings. The summed E-state index contributed by atoms with van der Waals surface area (Å²) in [6.45, 7) is 3.01. The molecule has 0 aliphatic carbocycles. The molecule has 17 heteroatoms. The van der Waals surface area contributed by atoms with Crippen LogP contribution in [-0.4, -0.2) is 68.7 Å². The van der Waals surface area contributed by atoms with Crippen LogP contribution in [0.3, 0.4) is 0 Å². The molecule has 1 unspecified atom stereocenters. The van der Waals surface area contributed by atoms with Crippen LogP contribution < -0.4 is 21.0 Å². The first kappa shape index (κ1) is 30.5. The minimum absolute atomic E-state index is 0.0374. The van der Waals surface area contributed by atoms with Crippen molar-refractivity contribution in [3.8, 4) is 5.75 Å². The third-order valence-corrected chi connectivity index (χ3v) is 7.14. The molecular formula is C22H28F3N4O9P. The number of anilines is 1. The summed E-state index contributed by atoms with van der Waals surface area (Å²) in [4.78, 5) is 27.6. The molecular weight excluding hydrogens is 552 g/mol. The lowest BCUT2D eigenvalue weighted by Gasteiger charge is -2.32. The van der Waals surface area contributed by atoms with Gasteiger partial charge in [-0.25, -0.2) is 22.5 Å². The van der Waals surface area contributed by atoms with E-state index in [0.29, 0.717) is 10.8 Å². The molecule has 13 nitrogen and oxygen atoms in total. The Hall–Kier alpha value is -3.01. The molecule has 39 heavy (non-hydrogen) atoms. The second-order valence-corrected chi connectivity index (χ2v) is 10.6. The molecule has 1 saturated heterocycles. The summed E-state index contributed by atoms with van der Waals surface area (Å²) in [5.41, 5.74) is 0.854. The summed E-state index contributed by atoms with van der Waals surface area (Å²) < 4.78 is 77.5. The van der Waals surface area contributed by atoms with E-state index in [4.69, 9.17) is 24.3 Å². The SMILES string of the molecule is CC(C)OC(=O)[C@H](C)NP(=O)(OC[C@@]1(C(F)F)O[C@@H](n2cc(F)c(N)nc2=O)[C@H](O)[C@@H]1O)Oc1ccccc1. The zero-order valence-electron chi connectivity index (χ0n) is 20.9. The predicted molar refractivity (Wildman–Crippen MR) is 128 cm³/mol. The number of aliphatic hydroxyl groups excluding tert-OH is 2. The van der Waals surface area contributed by atoms with Gasteiger partial charge in [0.1, 0.15) is 24.0 Å². The number of alkyl halides is 2. The molecule has 216 valence electrons. The second kappa shape index (κ2) is 12.0. The maximum absolute atomic E-state index is 14.4. The lowest BCUT2D eigenvalue weighted by Crippen LogP contribution is -2.53. The van der Waals surface area contributed by atoms with Crippen LogP contribution in [0.15, 0.2) is 41.3 Å². The number of hydrogen-bond donors (Lipinski definition) is 4. The average molecular weight is 580 g/mol. The monoisotopic (exact) mass is 580 g/mol. The summed E-state index contributed by atoms with van der Waals surface area (Å²) in [5, 5.41) is 23.3. The number of nitrogens with two attached hydrogens (primary N) is 1. The van der Waals surface area contributed by atoms with Crippen molar-refractivity contribution < 1.29 is 51.3 Å². The Morgan fingerprint density at radius 2 is 1.92 bits per heavy atom. The van der Waals surface area contributed by atoms with Crippen molar-refractivity contribution in [1.82, 2.24) is 14.6 Å². The summed E-state index contributed by atoms with van der Waals surface area (Å²) in [7, 11) is -4.71. The standard InChI is InChI=1S/C22H28F3N4O9P/c1-11(2)36-19(32)12(3)28-39(34,38-13-7-5-4-6-8-13)35-10-22(20(24)25)16(31)15(30)18(37-22)29-9-14(23)17(26)27-21(29)33/h4-9,11-12,15-16,18,20,30-31H,10H2,1-3H3,(H,28,34)(H2,26,27,33)/t12-,15+,16-,18+,22+,39?/m0/s1. The minimum atomic E-state index is -4.71. The van der Waals surface area contributed by atoms with Crippen molar-refractivity contribution in [2.45, 2.75) is 63.4 Å². The number of carbonyl (C=O) groups is 1. The van der Waals surface area contributed by atoms with Crippen LogP contribution in [0.25, 0.3) is 0 Å². The van der Waals surface area contributed by atoms with E-state index < -0.39 is 80.3 Å². The second-order valence-electron chi connectivity index (χ2n) is 8.88. The highest BCUT2D eigenvalue weighted by Gasteiger charge is 2.61. The molecule has 0 spiro atoms. The maximum atomic E-state index is 14.4. The van der Waals surface area contributed by atoms with Gasteiger partial charge >= 0.3 is 19.4 Å². The molecule has 0 amide bonds. The quantitative estimate of drug-likeness (QED) is 0.221. The highest BCUT2D eigenvalue weighted by molar-refractivity contribution is 7.52. The van der Waals surface area contributed by atoms with Gasteiger partial charge in [0.15, 0.2) is 23.5 Å². The number of esters is 1. The van der Waals surface area contributed by atoms with Gasteiger partial charge in [-0.15, -0.1) is 0 Å². The fourth-order valence-corrected chi connectivity index (χ4v) is 5.08. The molecule has 0 bridgehead atoms. The van der Waals surface area contributed by atoms with Crippen molar-refractivity contribution >= 4 is 19.5 Å². The van der Waals surface area contributed by atoms with E-state index in [1.165, 1.54) is 31.2 Å². The molecule has 1 aromatic carbocycles. The van der Waals surface area contributed by atoms with Gasteiger partial charge in [0, 0.05) is 0 Å². The van der Waals surface area contributed by atoms with E-state index in [-0.39, 0.29) is 5.75 Å². The molecule has 6 atom stereocenters. The van der Waals surface area contributed by atoms with Crippen LogP contribution >= 0.6 is 7.75 Å². The predicted octanol–water partition coefficient (Wildman–Crippen LogP) is 1.35. The lowest BCUT2D eigenvalue weighted by atomic mass is 9.96. The van der Waals surface area contributed by atoms with Crippen LogP contribution in [0.4, 0.5) is 19.0 Å². The fourth-order valence-electron chi connectivity index (χ4n) is 3.55. The van der Waals surface area contributed by atoms with Gasteiger partial charge in [0.2, 0.25) is 0 Å². The number of benzene rings is 1. The van der Waals surface area contributed by atoms with Crippen molar-refractivity contribution in [3.63, 3.8) is 0 Å². The topological polar surface area (TPSA) is 184 Å². The number of nitrogens with zero attached hydrogens (tertiary/aromatic N) is 2. The number of halogens is 3. The lowest BCUT2D eigenvalue weighted by molar-refractivity contribution is -0.193. The number of aliphatic hydroxyl groups is 2. The molecule has 5 N–H and O–H groups in total. The van der Waals surface area contributed by atoms with Gasteiger partial charge in [0.05, 0.1) is 18.9 Å². The average Bonchev–Trinajstić information content (AvgIpc) is 3.11. The maximum Gasteiger partial charge on any atom is 0.459 e. The Kier molecular flexibility index (Phi) is 9.41. The smallest absolute Gasteiger partial charge is 0.459 e. The molecule has 1 aromatic heterocycles. The number of ether oxygens (including phenoxy) is 2. The molecule has 1 aliphatic rings. The third kappa shape index (κ3) is 6.77. The van der Waals surface area contributed by atoms with Gasteiger partial charge in [-0.05, 0) is 32.9 Å². The van der Waals surface area contributed by atoms with E-state index in [1.54, 1.807) is 19.9 Å². The van der Waals surface area contributed by atoms with E-state index in [1.807, 2.05) is 0 Å². The Morgan fingerprint density at radius 1 is 1.28 bits per heavy atom. The molecule has 1 fully saturated rings. The van der Waals surface area contributed by atoms with Crippen molar-refractivity contribution in [2.24, 2.45) is 0 Å². The first-order chi connectivity index (χ1) is 18.2. The number of para-hydroxylation sites is 1. The van der Waals surface area contributed by atoms with Crippen LogP contribution in [0, 0.1) is 5.82 Å². The Morgan fingerprint density at radius 3 is 2.51 bits per heavy atom. The van der Waals surface area contributed by atoms with Crippen molar-refractivity contribution in [1.29, 1.82) is 0 Å². The summed E-state index contributed by atoms with van der Waals surface area (Å²) >= 11 is 0. The molecule has 1 aliphatic heterocycles. The van der Waals surface area contributed by atoms with Gasteiger partial charge in [-0.2, -0.15) is 10.1 Å². The molecule has 0 radical (unpaired) electrons. The Labute approximate surface area is 220 Å². The number of carbonyl (C=O) groups excluding carboxylic acids is 1.